The van der Waals surface area contributed by atoms with Crippen LogP contribution in [-0.4, -0.2) is 7.85 Å². The van der Waals surface area contributed by atoms with Gasteiger partial charge in [-0.2, -0.15) is 0 Å². The molecule has 0 nitrogen and oxygen atoms in total. The van der Waals surface area contributed by atoms with E-state index in [0.29, 0.717) is 5.92 Å². The van der Waals surface area contributed by atoms with Gasteiger partial charge in [0.2, 0.25) is 0 Å². The average molecular weight is 214 g/mol. The third kappa shape index (κ3) is 1.83. The van der Waals surface area contributed by atoms with Gasteiger partial charge in [0.25, 0.3) is 0 Å². The molecule has 0 aliphatic carbocycles. The van der Waals surface area contributed by atoms with Gasteiger partial charge >= 0.3 is 0 Å². The van der Waals surface area contributed by atoms with Crippen molar-refractivity contribution >= 4 is 29.3 Å². The van der Waals surface area contributed by atoms with E-state index in [-0.39, 0.29) is 5.82 Å². The summed E-state index contributed by atoms with van der Waals surface area (Å²) in [5.74, 6) is 0.691. The van der Waals surface area contributed by atoms with Gasteiger partial charge in [-0.15, -0.1) is 11.3 Å². The Labute approximate surface area is 96.7 Å². The molecule has 0 fully saturated rings. The van der Waals surface area contributed by atoms with E-state index in [1.165, 1.54) is 21.2 Å². The van der Waals surface area contributed by atoms with Gasteiger partial charge < -0.3 is 0 Å². The highest BCUT2D eigenvalue weighted by atomic mass is 32.1. The highest BCUT2D eigenvalue weighted by molar-refractivity contribution is 7.17. The van der Waals surface area contributed by atoms with Crippen molar-refractivity contribution in [1.82, 2.24) is 0 Å². The summed E-state index contributed by atoms with van der Waals surface area (Å²) in [5, 5.41) is 3.49. The summed E-state index contributed by atoms with van der Waals surface area (Å²) >= 11 is 1.82. The van der Waals surface area contributed by atoms with E-state index < -0.39 is 0 Å². The molecule has 0 amide bonds. The zero-order valence-electron chi connectivity index (χ0n) is 9.45. The van der Waals surface area contributed by atoms with Crippen LogP contribution < -0.4 is 0 Å². The van der Waals surface area contributed by atoms with Gasteiger partial charge in [0.15, 0.2) is 0 Å². The predicted octanol–water partition coefficient (Wildman–Crippen LogP) is 4.25. The molecular weight excluding hydrogens is 199 g/mol. The Morgan fingerprint density at radius 1 is 1.07 bits per heavy atom. The quantitative estimate of drug-likeness (QED) is 0.655. The van der Waals surface area contributed by atoms with Crippen molar-refractivity contribution in [3.63, 3.8) is 0 Å². The van der Waals surface area contributed by atoms with Gasteiger partial charge in [0.1, 0.15) is 0 Å². The van der Waals surface area contributed by atoms with E-state index in [4.69, 9.17) is 7.85 Å². The van der Waals surface area contributed by atoms with E-state index >= 15 is 0 Å². The summed E-state index contributed by atoms with van der Waals surface area (Å²) < 4.78 is 1.40. The minimum atomic E-state index is 0.114. The van der Waals surface area contributed by atoms with Gasteiger partial charge in [-0.05, 0) is 33.9 Å². The minimum absolute atomic E-state index is 0.114. The zero-order chi connectivity index (χ0) is 11.0. The van der Waals surface area contributed by atoms with Gasteiger partial charge in [-0.3, -0.25) is 0 Å². The number of benzene rings is 1. The highest BCUT2D eigenvalue weighted by Crippen LogP contribution is 2.34. The molecule has 0 aliphatic heterocycles. The van der Waals surface area contributed by atoms with E-state index in [0.717, 1.165) is 0 Å². The lowest BCUT2D eigenvalue weighted by Gasteiger charge is -2.12. The Bertz CT molecular complexity index is 426. The van der Waals surface area contributed by atoms with Crippen LogP contribution in [0, 0.1) is 0 Å². The summed E-state index contributed by atoms with van der Waals surface area (Å²) in [6, 6.07) is 6.59. The highest BCUT2D eigenvalue weighted by Gasteiger charge is 2.11. The first-order valence-corrected chi connectivity index (χ1v) is 6.24. The van der Waals surface area contributed by atoms with Crippen molar-refractivity contribution in [3.05, 3.63) is 34.7 Å². The van der Waals surface area contributed by atoms with Crippen molar-refractivity contribution in [2.75, 3.05) is 0 Å². The number of hydrogen-bond acceptors (Lipinski definition) is 1. The molecule has 2 aromatic rings. The van der Waals surface area contributed by atoms with Crippen molar-refractivity contribution in [1.29, 1.82) is 0 Å². The van der Waals surface area contributed by atoms with Crippen molar-refractivity contribution in [2.24, 2.45) is 0 Å². The van der Waals surface area contributed by atoms with Crippen molar-refractivity contribution < 1.29 is 0 Å². The molecule has 1 heterocycles. The fraction of sp³-hybridized carbons (Fsp3) is 0.385. The summed E-state index contributed by atoms with van der Waals surface area (Å²) in [4.78, 5) is 0. The largest absolute Gasteiger partial charge is 0.144 e. The smallest absolute Gasteiger partial charge is 0.0760 e. The maximum atomic E-state index is 5.97. The minimum Gasteiger partial charge on any atom is -0.144 e. The topological polar surface area (TPSA) is 0 Å². The summed E-state index contributed by atoms with van der Waals surface area (Å²) in [5.41, 5.74) is 2.69. The molecule has 2 rings (SSSR count). The van der Waals surface area contributed by atoms with Crippen LogP contribution in [0.3, 0.4) is 0 Å². The summed E-state index contributed by atoms with van der Waals surface area (Å²) in [6.07, 6.45) is 0. The van der Waals surface area contributed by atoms with Crippen LogP contribution in [0.2, 0.25) is 0 Å². The first kappa shape index (κ1) is 10.8. The molecular formula is C13H15BS. The van der Waals surface area contributed by atoms with Gasteiger partial charge in [-0.1, -0.05) is 38.7 Å². The first-order chi connectivity index (χ1) is 7.11. The normalized spacial score (nSPS) is 13.6. The van der Waals surface area contributed by atoms with Crippen LogP contribution in [-0.2, 0) is 0 Å². The Kier molecular flexibility index (Phi) is 2.88. The first-order valence-electron chi connectivity index (χ1n) is 5.37. The Morgan fingerprint density at radius 3 is 2.33 bits per heavy atom. The van der Waals surface area contributed by atoms with Crippen LogP contribution in [0.15, 0.2) is 23.6 Å². The van der Waals surface area contributed by atoms with Crippen LogP contribution in [0.1, 0.15) is 43.6 Å². The molecule has 0 bridgehead atoms. The second-order valence-electron chi connectivity index (χ2n) is 4.35. The number of hydrogen-bond donors (Lipinski definition) is 0. The average Bonchev–Trinajstić information content (AvgIpc) is 2.63. The van der Waals surface area contributed by atoms with Crippen LogP contribution in [0.4, 0.5) is 0 Å². The van der Waals surface area contributed by atoms with E-state index in [1.807, 2.05) is 18.3 Å². The fourth-order valence-corrected chi connectivity index (χ4v) is 3.05. The summed E-state index contributed by atoms with van der Waals surface area (Å²) in [6.45, 7) is 6.52. The molecule has 2 radical (unpaired) electrons. The third-order valence-corrected chi connectivity index (χ3v) is 3.76. The summed E-state index contributed by atoms with van der Waals surface area (Å²) in [7, 11) is 5.97. The molecule has 15 heavy (non-hydrogen) atoms. The van der Waals surface area contributed by atoms with E-state index in [2.05, 4.69) is 37.4 Å². The van der Waals surface area contributed by atoms with Gasteiger partial charge in [0, 0.05) is 4.70 Å². The second-order valence-corrected chi connectivity index (χ2v) is 5.27. The van der Waals surface area contributed by atoms with Crippen LogP contribution in [0.25, 0.3) is 10.1 Å². The second kappa shape index (κ2) is 4.01. The third-order valence-electron chi connectivity index (χ3n) is 2.79. The maximum Gasteiger partial charge on any atom is 0.0760 e. The number of rotatable bonds is 2. The predicted molar refractivity (Wildman–Crippen MR) is 70.1 cm³/mol. The number of fused-ring (bicyclic) bond motifs is 1. The molecule has 0 saturated carbocycles. The lowest BCUT2D eigenvalue weighted by molar-refractivity contribution is 0.877. The van der Waals surface area contributed by atoms with Crippen molar-refractivity contribution in [3.8, 4) is 0 Å². The van der Waals surface area contributed by atoms with Crippen molar-refractivity contribution in [2.45, 2.75) is 32.5 Å². The molecule has 1 atom stereocenters. The van der Waals surface area contributed by atoms with Gasteiger partial charge in [-0.25, -0.2) is 0 Å². The lowest BCUT2D eigenvalue weighted by Crippen LogP contribution is -1.95. The van der Waals surface area contributed by atoms with E-state index in [1.54, 1.807) is 0 Å². The van der Waals surface area contributed by atoms with Crippen LogP contribution in [0.5, 0.6) is 0 Å². The van der Waals surface area contributed by atoms with E-state index in [9.17, 15) is 0 Å². The monoisotopic (exact) mass is 214 g/mol. The van der Waals surface area contributed by atoms with Gasteiger partial charge in [0.05, 0.1) is 7.85 Å². The lowest BCUT2D eigenvalue weighted by atomic mass is 9.81. The number of thiophene rings is 1. The maximum absolute atomic E-state index is 5.97. The molecule has 1 unspecified atom stereocenters. The Hall–Kier alpha value is -0.755. The molecule has 0 N–H and O–H groups in total. The molecule has 1 aromatic heterocycles. The Morgan fingerprint density at radius 2 is 1.73 bits per heavy atom. The molecule has 0 saturated heterocycles. The molecule has 1 aromatic carbocycles. The molecule has 0 spiro atoms. The molecule has 2 heteroatoms. The van der Waals surface area contributed by atoms with Crippen LogP contribution >= 0.6 is 11.3 Å². The standard InChI is InChI=1S/C13H15BS/c1-8(2)10-4-5-11(9(3)14)12-6-7-15-13(10)12/h4-9H,1-3H3. The zero-order valence-corrected chi connectivity index (χ0v) is 10.3. The molecule has 76 valence electrons. The Balaban J connectivity index is 2.71. The SMILES string of the molecule is [B]C(C)c1ccc(C(C)C)c2sccc12. The fourth-order valence-electron chi connectivity index (χ4n) is 1.96. The molecule has 0 aliphatic rings.